The Morgan fingerprint density at radius 3 is 2.92 bits per heavy atom. The van der Waals surface area contributed by atoms with Crippen molar-refractivity contribution in [3.05, 3.63) is 29.8 Å². The van der Waals surface area contributed by atoms with Crippen LogP contribution in [0.15, 0.2) is 29.3 Å². The first-order valence-electron chi connectivity index (χ1n) is 9.01. The number of guanidine groups is 1. The highest BCUT2D eigenvalue weighted by Crippen LogP contribution is 2.14. The van der Waals surface area contributed by atoms with E-state index < -0.39 is 0 Å². The lowest BCUT2D eigenvalue weighted by molar-refractivity contribution is 0.181. The first kappa shape index (κ1) is 22.0. The predicted molar refractivity (Wildman–Crippen MR) is 114 cm³/mol. The number of halogens is 1. The number of benzene rings is 1. The quantitative estimate of drug-likeness (QED) is 0.367. The van der Waals surface area contributed by atoms with Crippen molar-refractivity contribution in [2.45, 2.75) is 26.7 Å². The monoisotopic (exact) mass is 461 g/mol. The number of hydrogen-bond acceptors (Lipinski definition) is 3. The highest BCUT2D eigenvalue weighted by Gasteiger charge is 2.18. The Bertz CT molecular complexity index is 519. The summed E-state index contributed by atoms with van der Waals surface area (Å²) in [5.41, 5.74) is 1.26. The lowest BCUT2D eigenvalue weighted by Gasteiger charge is -2.24. The zero-order valence-corrected chi connectivity index (χ0v) is 18.0. The van der Waals surface area contributed by atoms with Gasteiger partial charge in [-0.05, 0) is 44.4 Å². The number of nitrogens with one attached hydrogen (secondary N) is 1. The van der Waals surface area contributed by atoms with Crippen LogP contribution in [0.4, 0.5) is 0 Å². The molecule has 0 aliphatic carbocycles. The van der Waals surface area contributed by atoms with Crippen LogP contribution in [0, 0.1) is 5.92 Å². The van der Waals surface area contributed by atoms with Crippen molar-refractivity contribution in [2.24, 2.45) is 10.9 Å². The molecule has 1 saturated heterocycles. The second-order valence-electron chi connectivity index (χ2n) is 6.18. The number of rotatable bonds is 8. The standard InChI is InChI=1S/C19H31N3O2.HI/c1-4-20-19(22(3)14-17-10-12-23-15-17)21-11-9-16-7-6-8-18(13-16)24-5-2;/h6-8,13,17H,4-5,9-12,14-15H2,1-3H3,(H,20,21);1H. The summed E-state index contributed by atoms with van der Waals surface area (Å²) in [6.07, 6.45) is 2.06. The molecule has 0 amide bonds. The van der Waals surface area contributed by atoms with Gasteiger partial charge in [0.1, 0.15) is 5.75 Å². The van der Waals surface area contributed by atoms with E-state index >= 15 is 0 Å². The summed E-state index contributed by atoms with van der Waals surface area (Å²) in [5, 5.41) is 3.38. The lowest BCUT2D eigenvalue weighted by Crippen LogP contribution is -2.41. The summed E-state index contributed by atoms with van der Waals surface area (Å²) in [6.45, 7) is 9.20. The van der Waals surface area contributed by atoms with Gasteiger partial charge in [-0.2, -0.15) is 0 Å². The summed E-state index contributed by atoms with van der Waals surface area (Å²) in [6, 6.07) is 8.27. The molecule has 1 aromatic rings. The zero-order valence-electron chi connectivity index (χ0n) is 15.7. The Labute approximate surface area is 169 Å². The lowest BCUT2D eigenvalue weighted by atomic mass is 10.1. The summed E-state index contributed by atoms with van der Waals surface area (Å²) in [4.78, 5) is 7.00. The van der Waals surface area contributed by atoms with Crippen LogP contribution in [-0.2, 0) is 11.2 Å². The van der Waals surface area contributed by atoms with Gasteiger partial charge in [0.25, 0.3) is 0 Å². The smallest absolute Gasteiger partial charge is 0.193 e. The van der Waals surface area contributed by atoms with Crippen molar-refractivity contribution < 1.29 is 9.47 Å². The van der Waals surface area contributed by atoms with Crippen LogP contribution in [0.2, 0.25) is 0 Å². The number of hydrogen-bond donors (Lipinski definition) is 1. The van der Waals surface area contributed by atoms with Crippen LogP contribution in [-0.4, -0.2) is 57.4 Å². The Morgan fingerprint density at radius 2 is 2.24 bits per heavy atom. The molecule has 1 aliphatic rings. The molecule has 0 saturated carbocycles. The maximum absolute atomic E-state index is 5.56. The van der Waals surface area contributed by atoms with E-state index in [-0.39, 0.29) is 24.0 Å². The SMILES string of the molecule is CCNC(=NCCc1cccc(OCC)c1)N(C)CC1CCOC1.I. The molecule has 5 nitrogen and oxygen atoms in total. The molecule has 0 spiro atoms. The average molecular weight is 461 g/mol. The van der Waals surface area contributed by atoms with Gasteiger partial charge in [0.15, 0.2) is 5.96 Å². The molecule has 1 aromatic carbocycles. The Balaban J connectivity index is 0.00000312. The largest absolute Gasteiger partial charge is 0.494 e. The summed E-state index contributed by atoms with van der Waals surface area (Å²) < 4.78 is 11.0. The molecule has 1 N–H and O–H groups in total. The van der Waals surface area contributed by atoms with Crippen molar-refractivity contribution in [3.63, 3.8) is 0 Å². The van der Waals surface area contributed by atoms with E-state index in [1.807, 2.05) is 19.1 Å². The molecule has 0 bridgehead atoms. The molecule has 1 fully saturated rings. The van der Waals surface area contributed by atoms with Crippen LogP contribution in [0.1, 0.15) is 25.8 Å². The number of ether oxygens (including phenoxy) is 2. The van der Waals surface area contributed by atoms with Crippen LogP contribution < -0.4 is 10.1 Å². The molecule has 0 radical (unpaired) electrons. The third-order valence-corrected chi connectivity index (χ3v) is 4.12. The van der Waals surface area contributed by atoms with Gasteiger partial charge in [-0.3, -0.25) is 4.99 Å². The highest BCUT2D eigenvalue weighted by molar-refractivity contribution is 14.0. The van der Waals surface area contributed by atoms with E-state index in [1.54, 1.807) is 0 Å². The number of nitrogens with zero attached hydrogens (tertiary/aromatic N) is 2. The molecular formula is C19H32IN3O2. The fourth-order valence-electron chi connectivity index (χ4n) is 2.92. The summed E-state index contributed by atoms with van der Waals surface area (Å²) in [7, 11) is 2.11. The third-order valence-electron chi connectivity index (χ3n) is 4.12. The topological polar surface area (TPSA) is 46.1 Å². The minimum atomic E-state index is 0. The predicted octanol–water partition coefficient (Wildman–Crippen LogP) is 3.18. The minimum absolute atomic E-state index is 0. The normalized spacial score (nSPS) is 17.1. The molecule has 1 unspecified atom stereocenters. The van der Waals surface area contributed by atoms with E-state index in [0.29, 0.717) is 12.5 Å². The molecule has 1 heterocycles. The Hall–Kier alpha value is -1.02. The van der Waals surface area contributed by atoms with Crippen LogP contribution in [0.25, 0.3) is 0 Å². The van der Waals surface area contributed by atoms with Gasteiger partial charge in [-0.15, -0.1) is 24.0 Å². The van der Waals surface area contributed by atoms with Crippen LogP contribution in [0.3, 0.4) is 0 Å². The van der Waals surface area contributed by atoms with Gasteiger partial charge in [0, 0.05) is 39.2 Å². The molecule has 25 heavy (non-hydrogen) atoms. The van der Waals surface area contributed by atoms with E-state index in [9.17, 15) is 0 Å². The van der Waals surface area contributed by atoms with Crippen molar-refractivity contribution in [3.8, 4) is 5.75 Å². The Kier molecular flexibility index (Phi) is 10.9. The fraction of sp³-hybridized carbons (Fsp3) is 0.632. The molecule has 6 heteroatoms. The van der Waals surface area contributed by atoms with Crippen molar-refractivity contribution in [2.75, 3.05) is 46.5 Å². The highest BCUT2D eigenvalue weighted by atomic mass is 127. The first-order chi connectivity index (χ1) is 11.7. The van der Waals surface area contributed by atoms with Crippen LogP contribution >= 0.6 is 24.0 Å². The maximum atomic E-state index is 5.56. The molecule has 1 aliphatic heterocycles. The van der Waals surface area contributed by atoms with Gasteiger partial charge in [-0.25, -0.2) is 0 Å². The van der Waals surface area contributed by atoms with Crippen molar-refractivity contribution in [1.82, 2.24) is 10.2 Å². The van der Waals surface area contributed by atoms with Crippen molar-refractivity contribution >= 4 is 29.9 Å². The zero-order chi connectivity index (χ0) is 17.2. The van der Waals surface area contributed by atoms with E-state index in [4.69, 9.17) is 14.5 Å². The third kappa shape index (κ3) is 7.81. The second-order valence-corrected chi connectivity index (χ2v) is 6.18. The molecular weight excluding hydrogens is 429 g/mol. The first-order valence-corrected chi connectivity index (χ1v) is 9.01. The summed E-state index contributed by atoms with van der Waals surface area (Å²) >= 11 is 0. The molecule has 142 valence electrons. The van der Waals surface area contributed by atoms with E-state index in [2.05, 4.69) is 36.3 Å². The maximum Gasteiger partial charge on any atom is 0.193 e. The second kappa shape index (κ2) is 12.4. The molecule has 0 aromatic heterocycles. The van der Waals surface area contributed by atoms with Gasteiger partial charge in [-0.1, -0.05) is 12.1 Å². The fourth-order valence-corrected chi connectivity index (χ4v) is 2.92. The van der Waals surface area contributed by atoms with Crippen molar-refractivity contribution in [1.29, 1.82) is 0 Å². The Morgan fingerprint density at radius 1 is 1.40 bits per heavy atom. The van der Waals surface area contributed by atoms with Gasteiger partial charge in [0.2, 0.25) is 0 Å². The van der Waals surface area contributed by atoms with E-state index in [1.165, 1.54) is 5.56 Å². The van der Waals surface area contributed by atoms with Gasteiger partial charge >= 0.3 is 0 Å². The van der Waals surface area contributed by atoms with E-state index in [0.717, 1.165) is 57.4 Å². The summed E-state index contributed by atoms with van der Waals surface area (Å²) in [5.74, 6) is 2.52. The van der Waals surface area contributed by atoms with Gasteiger partial charge < -0.3 is 19.7 Å². The molecule has 1 atom stereocenters. The van der Waals surface area contributed by atoms with Gasteiger partial charge in [0.05, 0.1) is 13.2 Å². The average Bonchev–Trinajstić information content (AvgIpc) is 3.08. The number of aliphatic imine (C=N–C) groups is 1. The molecule has 2 rings (SSSR count). The van der Waals surface area contributed by atoms with Crippen LogP contribution in [0.5, 0.6) is 5.75 Å². The minimum Gasteiger partial charge on any atom is -0.494 e.